The van der Waals surface area contributed by atoms with Crippen LogP contribution in [0.3, 0.4) is 0 Å². The van der Waals surface area contributed by atoms with Crippen molar-refractivity contribution in [3.63, 3.8) is 0 Å². The van der Waals surface area contributed by atoms with Gasteiger partial charge in [-0.25, -0.2) is 8.78 Å². The molecule has 1 saturated heterocycles. The quantitative estimate of drug-likeness (QED) is 0.740. The van der Waals surface area contributed by atoms with E-state index < -0.39 is 29.5 Å². The monoisotopic (exact) mass is 443 g/mol. The van der Waals surface area contributed by atoms with Gasteiger partial charge in [-0.15, -0.1) is 0 Å². The normalized spacial score (nSPS) is 14.9. The molecule has 2 aromatic carbocycles. The lowest BCUT2D eigenvalue weighted by molar-refractivity contribution is -0.126. The molecule has 1 aliphatic rings. The summed E-state index contributed by atoms with van der Waals surface area (Å²) in [5.74, 6) is -1.71. The SMILES string of the molecule is COc1cc(OC)cc(C(=O)N2CCC(C(=O)NC(C#N)c3ccc(F)cc3F)CC2)c1. The molecule has 0 bridgehead atoms. The summed E-state index contributed by atoms with van der Waals surface area (Å²) in [6.07, 6.45) is 0.783. The predicted octanol–water partition coefficient (Wildman–Crippen LogP) is 3.22. The molecule has 0 radical (unpaired) electrons. The smallest absolute Gasteiger partial charge is 0.254 e. The molecule has 0 saturated carbocycles. The first-order valence-corrected chi connectivity index (χ1v) is 10.0. The van der Waals surface area contributed by atoms with Gasteiger partial charge in [0.05, 0.1) is 20.3 Å². The van der Waals surface area contributed by atoms with E-state index in [0.29, 0.717) is 49.1 Å². The number of hydrogen-bond acceptors (Lipinski definition) is 5. The maximum atomic E-state index is 14.0. The molecule has 32 heavy (non-hydrogen) atoms. The summed E-state index contributed by atoms with van der Waals surface area (Å²) in [4.78, 5) is 27.2. The number of amides is 2. The second kappa shape index (κ2) is 10.1. The Hall–Kier alpha value is -3.67. The van der Waals surface area contributed by atoms with Gasteiger partial charge in [0.15, 0.2) is 0 Å². The van der Waals surface area contributed by atoms with Crippen LogP contribution in [0.1, 0.15) is 34.8 Å². The van der Waals surface area contributed by atoms with E-state index >= 15 is 0 Å². The third-order valence-electron chi connectivity index (χ3n) is 5.44. The van der Waals surface area contributed by atoms with Gasteiger partial charge < -0.3 is 19.7 Å². The fraction of sp³-hybridized carbons (Fsp3) is 0.348. The number of nitriles is 1. The zero-order valence-electron chi connectivity index (χ0n) is 17.7. The standard InChI is InChI=1S/C23H23F2N3O4/c1-31-17-9-15(10-18(12-17)32-2)23(30)28-7-5-14(6-8-28)22(29)27-21(13-26)19-4-3-16(24)11-20(19)25/h3-4,9-12,14,21H,5-8H2,1-2H3,(H,27,29). The highest BCUT2D eigenvalue weighted by atomic mass is 19.1. The van der Waals surface area contributed by atoms with E-state index in [1.165, 1.54) is 14.2 Å². The van der Waals surface area contributed by atoms with Gasteiger partial charge in [-0.3, -0.25) is 9.59 Å². The van der Waals surface area contributed by atoms with Gasteiger partial charge in [-0.2, -0.15) is 5.26 Å². The number of methoxy groups -OCH3 is 2. The zero-order chi connectivity index (χ0) is 23.3. The van der Waals surface area contributed by atoms with E-state index in [1.807, 2.05) is 6.07 Å². The van der Waals surface area contributed by atoms with Crippen LogP contribution in [0, 0.1) is 28.9 Å². The minimum atomic E-state index is -1.23. The summed E-state index contributed by atoms with van der Waals surface area (Å²) in [5.41, 5.74) is 0.322. The molecule has 0 spiro atoms. The van der Waals surface area contributed by atoms with Crippen molar-refractivity contribution in [1.29, 1.82) is 5.26 Å². The zero-order valence-corrected chi connectivity index (χ0v) is 17.7. The van der Waals surface area contributed by atoms with Crippen LogP contribution < -0.4 is 14.8 Å². The molecule has 1 unspecified atom stereocenters. The Labute approximate surface area is 184 Å². The molecular weight excluding hydrogens is 420 g/mol. The number of benzene rings is 2. The van der Waals surface area contributed by atoms with Crippen LogP contribution in [0.5, 0.6) is 11.5 Å². The van der Waals surface area contributed by atoms with E-state index in [9.17, 15) is 23.6 Å². The van der Waals surface area contributed by atoms with Crippen molar-refractivity contribution in [2.24, 2.45) is 5.92 Å². The number of likely N-dealkylation sites (tertiary alicyclic amines) is 1. The molecule has 1 fully saturated rings. The van der Waals surface area contributed by atoms with Gasteiger partial charge in [0.1, 0.15) is 29.2 Å². The number of rotatable bonds is 6. The molecule has 0 aliphatic carbocycles. The number of carbonyl (C=O) groups excluding carboxylic acids is 2. The Balaban J connectivity index is 1.62. The first-order chi connectivity index (χ1) is 15.4. The summed E-state index contributed by atoms with van der Waals surface area (Å²) >= 11 is 0. The molecule has 2 aromatic rings. The average molecular weight is 443 g/mol. The van der Waals surface area contributed by atoms with Crippen molar-refractivity contribution in [3.8, 4) is 17.6 Å². The van der Waals surface area contributed by atoms with Crippen LogP contribution in [0.25, 0.3) is 0 Å². The Morgan fingerprint density at radius 1 is 1.09 bits per heavy atom. The molecule has 0 aromatic heterocycles. The fourth-order valence-electron chi connectivity index (χ4n) is 3.63. The first kappa shape index (κ1) is 23.0. The summed E-state index contributed by atoms with van der Waals surface area (Å²) in [5, 5.41) is 11.9. The van der Waals surface area contributed by atoms with Gasteiger partial charge in [-0.05, 0) is 31.0 Å². The third-order valence-corrected chi connectivity index (χ3v) is 5.44. The molecule has 7 nitrogen and oxygen atoms in total. The van der Waals surface area contributed by atoms with Crippen molar-refractivity contribution in [2.75, 3.05) is 27.3 Å². The minimum Gasteiger partial charge on any atom is -0.497 e. The second-order valence-corrected chi connectivity index (χ2v) is 7.40. The maximum absolute atomic E-state index is 14.0. The van der Waals surface area contributed by atoms with Gasteiger partial charge >= 0.3 is 0 Å². The lowest BCUT2D eigenvalue weighted by atomic mass is 9.94. The van der Waals surface area contributed by atoms with E-state index in [2.05, 4.69) is 5.32 Å². The highest BCUT2D eigenvalue weighted by Gasteiger charge is 2.30. The van der Waals surface area contributed by atoms with Crippen molar-refractivity contribution in [1.82, 2.24) is 10.2 Å². The molecule has 2 amide bonds. The van der Waals surface area contributed by atoms with Crippen LogP contribution in [-0.2, 0) is 4.79 Å². The number of nitrogens with zero attached hydrogens (tertiary/aromatic N) is 2. The summed E-state index contributed by atoms with van der Waals surface area (Å²) < 4.78 is 37.5. The molecule has 168 valence electrons. The van der Waals surface area contributed by atoms with Gasteiger partial charge in [0.25, 0.3) is 5.91 Å². The Bertz CT molecular complexity index is 1020. The molecule has 1 aliphatic heterocycles. The van der Waals surface area contributed by atoms with E-state index in [-0.39, 0.29) is 11.5 Å². The lowest BCUT2D eigenvalue weighted by Gasteiger charge is -2.32. The second-order valence-electron chi connectivity index (χ2n) is 7.40. The number of piperidine rings is 1. The van der Waals surface area contributed by atoms with Crippen LogP contribution in [0.2, 0.25) is 0 Å². The Kier molecular flexibility index (Phi) is 7.25. The third kappa shape index (κ3) is 5.14. The van der Waals surface area contributed by atoms with E-state index in [0.717, 1.165) is 12.1 Å². The minimum absolute atomic E-state index is 0.0955. The molecular formula is C23H23F2N3O4. The number of halogens is 2. The highest BCUT2D eigenvalue weighted by Crippen LogP contribution is 2.26. The molecule has 9 heteroatoms. The van der Waals surface area contributed by atoms with Crippen molar-refractivity contribution in [2.45, 2.75) is 18.9 Å². The topological polar surface area (TPSA) is 91.7 Å². The molecule has 1 atom stereocenters. The summed E-state index contributed by atoms with van der Waals surface area (Å²) in [7, 11) is 3.00. The molecule has 1 heterocycles. The number of nitrogens with one attached hydrogen (secondary N) is 1. The van der Waals surface area contributed by atoms with E-state index in [4.69, 9.17) is 9.47 Å². The van der Waals surface area contributed by atoms with Gasteiger partial charge in [-0.1, -0.05) is 6.07 Å². The molecule has 1 N–H and O–H groups in total. The van der Waals surface area contributed by atoms with Gasteiger partial charge in [0, 0.05) is 42.3 Å². The van der Waals surface area contributed by atoms with Crippen LogP contribution in [0.15, 0.2) is 36.4 Å². The van der Waals surface area contributed by atoms with Crippen molar-refractivity contribution >= 4 is 11.8 Å². The predicted molar refractivity (Wildman–Crippen MR) is 111 cm³/mol. The van der Waals surface area contributed by atoms with Crippen LogP contribution >= 0.6 is 0 Å². The number of carbonyl (C=O) groups is 2. The maximum Gasteiger partial charge on any atom is 0.254 e. The summed E-state index contributed by atoms with van der Waals surface area (Å²) in [6.45, 7) is 0.692. The highest BCUT2D eigenvalue weighted by molar-refractivity contribution is 5.95. The first-order valence-electron chi connectivity index (χ1n) is 10.0. The average Bonchev–Trinajstić information content (AvgIpc) is 2.82. The Morgan fingerprint density at radius 2 is 1.72 bits per heavy atom. The molecule has 3 rings (SSSR count). The van der Waals surface area contributed by atoms with Crippen LogP contribution in [0.4, 0.5) is 8.78 Å². The number of hydrogen-bond donors (Lipinski definition) is 1. The van der Waals surface area contributed by atoms with E-state index in [1.54, 1.807) is 23.1 Å². The fourth-order valence-corrected chi connectivity index (χ4v) is 3.63. The summed E-state index contributed by atoms with van der Waals surface area (Å²) in [6, 6.07) is 8.37. The van der Waals surface area contributed by atoms with Crippen molar-refractivity contribution < 1.29 is 27.8 Å². The van der Waals surface area contributed by atoms with Crippen molar-refractivity contribution in [3.05, 3.63) is 59.2 Å². The number of ether oxygens (including phenoxy) is 2. The van der Waals surface area contributed by atoms with Gasteiger partial charge in [0.2, 0.25) is 5.91 Å². The Morgan fingerprint density at radius 3 is 2.25 bits per heavy atom. The lowest BCUT2D eigenvalue weighted by Crippen LogP contribution is -2.43. The largest absolute Gasteiger partial charge is 0.497 e. The van der Waals surface area contributed by atoms with Crippen LogP contribution in [-0.4, -0.2) is 44.0 Å².